The number of rotatable bonds is 7. The standard InChI is InChI=1S/C37H44N2O4/c1-24-10-11-27(22-25(24)2)12-15-32(41)38(4)30-16-18-37(42)31-23-28-13-14-29(40)34-33(28)36(37,35(30,3)43-34)19-21-39(31)20-17-26-8-6-5-7-9-26/h5-11,13-14,22,30-31,40,42H,12,15-21,23H2,1-4H3/t30?,31-,35?,36+,37-/m1/s1. The van der Waals surface area contributed by atoms with Crippen LogP contribution in [0, 0.1) is 13.8 Å². The molecule has 1 saturated heterocycles. The molecule has 2 N–H and O–H groups in total. The van der Waals surface area contributed by atoms with E-state index in [1.54, 1.807) is 6.07 Å². The van der Waals surface area contributed by atoms with Crippen molar-refractivity contribution < 1.29 is 19.7 Å². The number of nitrogens with zero attached hydrogens (tertiary/aromatic N) is 2. The summed E-state index contributed by atoms with van der Waals surface area (Å²) < 4.78 is 6.88. The summed E-state index contributed by atoms with van der Waals surface area (Å²) in [6.45, 7) is 8.03. The highest BCUT2D eigenvalue weighted by molar-refractivity contribution is 5.77. The summed E-state index contributed by atoms with van der Waals surface area (Å²) >= 11 is 0. The molecule has 4 aliphatic rings. The normalized spacial score (nSPS) is 30.4. The van der Waals surface area contributed by atoms with E-state index in [1.807, 2.05) is 24.1 Å². The Bertz CT molecular complexity index is 1570. The van der Waals surface area contributed by atoms with Crippen molar-refractivity contribution in [3.05, 3.63) is 94.0 Å². The third kappa shape index (κ3) is 4.02. The second-order valence-electron chi connectivity index (χ2n) is 13.7. The number of ether oxygens (including phenoxy) is 1. The highest BCUT2D eigenvalue weighted by Gasteiger charge is 2.78. The van der Waals surface area contributed by atoms with Crippen LogP contribution in [0.5, 0.6) is 11.5 Å². The Morgan fingerprint density at radius 3 is 2.58 bits per heavy atom. The molecule has 2 aliphatic heterocycles. The number of phenols is 1. The Morgan fingerprint density at radius 2 is 1.81 bits per heavy atom. The number of phenolic OH excluding ortho intramolecular Hbond substituents is 1. The van der Waals surface area contributed by atoms with Crippen LogP contribution in [-0.4, -0.2) is 69.3 Å². The van der Waals surface area contributed by atoms with Gasteiger partial charge in [0.1, 0.15) is 5.60 Å². The second-order valence-corrected chi connectivity index (χ2v) is 13.7. The Balaban J connectivity index is 1.21. The summed E-state index contributed by atoms with van der Waals surface area (Å²) in [5.41, 5.74) is 4.51. The predicted molar refractivity (Wildman–Crippen MR) is 168 cm³/mol. The molecule has 1 saturated carbocycles. The van der Waals surface area contributed by atoms with E-state index in [-0.39, 0.29) is 23.7 Å². The number of piperidine rings is 1. The van der Waals surface area contributed by atoms with Gasteiger partial charge in [-0.05, 0) is 99.7 Å². The summed E-state index contributed by atoms with van der Waals surface area (Å²) in [4.78, 5) is 18.2. The zero-order valence-corrected chi connectivity index (χ0v) is 25.9. The molecule has 1 spiro atoms. The fourth-order valence-electron chi connectivity index (χ4n) is 9.37. The maximum absolute atomic E-state index is 13.8. The lowest BCUT2D eigenvalue weighted by Crippen LogP contribution is -2.82. The van der Waals surface area contributed by atoms with Crippen molar-refractivity contribution in [1.29, 1.82) is 0 Å². The molecular formula is C37H44N2O4. The molecule has 7 rings (SSSR count). The van der Waals surface area contributed by atoms with Crippen LogP contribution < -0.4 is 4.74 Å². The number of benzene rings is 3. The molecule has 2 heterocycles. The predicted octanol–water partition coefficient (Wildman–Crippen LogP) is 5.26. The SMILES string of the molecule is Cc1ccc(CCC(=O)N(C)C2CC[C@@]3(O)[C@H]4Cc5ccc(O)c6c5[C@@]3(CCN4CCc3ccccc3)C2(C)O6)cc1C. The summed E-state index contributed by atoms with van der Waals surface area (Å²) in [6.07, 6.45) is 4.72. The number of hydrogen-bond donors (Lipinski definition) is 2. The van der Waals surface area contributed by atoms with Crippen LogP contribution in [0.15, 0.2) is 60.7 Å². The minimum atomic E-state index is -1.03. The van der Waals surface area contributed by atoms with Gasteiger partial charge in [0.2, 0.25) is 5.91 Å². The number of amides is 1. The highest BCUT2D eigenvalue weighted by Crippen LogP contribution is 2.69. The van der Waals surface area contributed by atoms with Crippen LogP contribution in [-0.2, 0) is 29.5 Å². The number of aryl methyl sites for hydroxylation is 3. The van der Waals surface area contributed by atoms with Gasteiger partial charge in [-0.3, -0.25) is 9.69 Å². The topological polar surface area (TPSA) is 73.2 Å². The third-order valence-corrected chi connectivity index (χ3v) is 11.8. The molecular weight excluding hydrogens is 536 g/mol. The lowest BCUT2D eigenvalue weighted by atomic mass is 9.44. The first-order valence-corrected chi connectivity index (χ1v) is 16.0. The molecule has 226 valence electrons. The Morgan fingerprint density at radius 1 is 1.02 bits per heavy atom. The number of aromatic hydroxyl groups is 1. The van der Waals surface area contributed by atoms with Crippen LogP contribution in [0.4, 0.5) is 0 Å². The van der Waals surface area contributed by atoms with E-state index in [2.05, 4.69) is 68.1 Å². The molecule has 2 bridgehead atoms. The van der Waals surface area contributed by atoms with Gasteiger partial charge < -0.3 is 19.8 Å². The van der Waals surface area contributed by atoms with Crippen LogP contribution in [0.2, 0.25) is 0 Å². The first kappa shape index (κ1) is 28.4. The Labute approximate surface area is 255 Å². The maximum Gasteiger partial charge on any atom is 0.223 e. The van der Waals surface area contributed by atoms with Gasteiger partial charge in [-0.25, -0.2) is 0 Å². The third-order valence-electron chi connectivity index (χ3n) is 11.8. The monoisotopic (exact) mass is 580 g/mol. The molecule has 5 atom stereocenters. The fraction of sp³-hybridized carbons (Fsp3) is 0.486. The Hall–Kier alpha value is -3.35. The molecule has 0 radical (unpaired) electrons. The van der Waals surface area contributed by atoms with Crippen LogP contribution in [0.25, 0.3) is 0 Å². The summed E-state index contributed by atoms with van der Waals surface area (Å²) in [5.74, 6) is 0.721. The zero-order chi connectivity index (χ0) is 30.1. The van der Waals surface area contributed by atoms with Crippen molar-refractivity contribution in [3.63, 3.8) is 0 Å². The first-order chi connectivity index (χ1) is 20.6. The van der Waals surface area contributed by atoms with Crippen molar-refractivity contribution in [2.24, 2.45) is 0 Å². The van der Waals surface area contributed by atoms with Crippen molar-refractivity contribution in [2.45, 2.75) is 94.4 Å². The minimum Gasteiger partial charge on any atom is -0.504 e. The van der Waals surface area contributed by atoms with Gasteiger partial charge in [0, 0.05) is 31.6 Å². The van der Waals surface area contributed by atoms with E-state index >= 15 is 0 Å². The summed E-state index contributed by atoms with van der Waals surface area (Å²) in [6, 6.07) is 20.5. The molecule has 2 unspecified atom stereocenters. The number of aliphatic hydroxyl groups is 1. The smallest absolute Gasteiger partial charge is 0.223 e. The van der Waals surface area contributed by atoms with Gasteiger partial charge >= 0.3 is 0 Å². The van der Waals surface area contributed by atoms with Crippen LogP contribution >= 0.6 is 0 Å². The van der Waals surface area contributed by atoms with Crippen molar-refractivity contribution >= 4 is 5.91 Å². The number of likely N-dealkylation sites (N-methyl/N-ethyl adjacent to an activating group) is 1. The fourth-order valence-corrected chi connectivity index (χ4v) is 9.37. The van der Waals surface area contributed by atoms with E-state index < -0.39 is 16.6 Å². The quantitative estimate of drug-likeness (QED) is 0.399. The van der Waals surface area contributed by atoms with Gasteiger partial charge in [-0.1, -0.05) is 54.6 Å². The van der Waals surface area contributed by atoms with Gasteiger partial charge in [0.15, 0.2) is 11.5 Å². The van der Waals surface area contributed by atoms with Crippen molar-refractivity contribution in [2.75, 3.05) is 20.1 Å². The molecule has 2 aliphatic carbocycles. The number of carbonyl (C=O) groups excluding carboxylic acids is 1. The molecule has 3 aromatic rings. The lowest BCUT2D eigenvalue weighted by molar-refractivity contribution is -0.229. The average molecular weight is 581 g/mol. The Kier molecular flexibility index (Phi) is 6.68. The molecule has 6 heteroatoms. The van der Waals surface area contributed by atoms with Gasteiger partial charge in [0.25, 0.3) is 0 Å². The molecule has 0 aromatic heterocycles. The van der Waals surface area contributed by atoms with Crippen molar-refractivity contribution in [3.8, 4) is 11.5 Å². The molecule has 2 fully saturated rings. The lowest BCUT2D eigenvalue weighted by Gasteiger charge is -2.68. The minimum absolute atomic E-state index is 0.0531. The van der Waals surface area contributed by atoms with Gasteiger partial charge in [-0.2, -0.15) is 0 Å². The van der Waals surface area contributed by atoms with Gasteiger partial charge in [0.05, 0.1) is 17.1 Å². The maximum atomic E-state index is 13.8. The largest absolute Gasteiger partial charge is 0.504 e. The van der Waals surface area contributed by atoms with Gasteiger partial charge in [-0.15, -0.1) is 0 Å². The highest BCUT2D eigenvalue weighted by atomic mass is 16.5. The second kappa shape index (κ2) is 10.1. The van der Waals surface area contributed by atoms with E-state index in [0.717, 1.165) is 43.5 Å². The van der Waals surface area contributed by atoms with E-state index in [0.29, 0.717) is 31.4 Å². The van der Waals surface area contributed by atoms with E-state index in [9.17, 15) is 15.0 Å². The number of likely N-dealkylation sites (tertiary alicyclic amines) is 1. The average Bonchev–Trinajstić information content (AvgIpc) is 3.28. The number of carbonyl (C=O) groups is 1. The summed E-state index contributed by atoms with van der Waals surface area (Å²) in [5, 5.41) is 24.0. The van der Waals surface area contributed by atoms with Crippen LogP contribution in [0.1, 0.15) is 66.0 Å². The van der Waals surface area contributed by atoms with Crippen LogP contribution in [0.3, 0.4) is 0 Å². The molecule has 43 heavy (non-hydrogen) atoms. The number of hydrogen-bond acceptors (Lipinski definition) is 5. The molecule has 3 aromatic carbocycles. The first-order valence-electron chi connectivity index (χ1n) is 16.0. The van der Waals surface area contributed by atoms with Crippen molar-refractivity contribution in [1.82, 2.24) is 9.80 Å². The van der Waals surface area contributed by atoms with E-state index in [4.69, 9.17) is 4.74 Å². The molecule has 6 nitrogen and oxygen atoms in total. The molecule has 1 amide bonds. The summed E-state index contributed by atoms with van der Waals surface area (Å²) in [7, 11) is 1.90. The zero-order valence-electron chi connectivity index (χ0n) is 25.9. The van der Waals surface area contributed by atoms with E-state index in [1.165, 1.54) is 22.3 Å².